The van der Waals surface area contributed by atoms with Crippen LogP contribution in [-0.2, 0) is 9.59 Å². The van der Waals surface area contributed by atoms with E-state index in [9.17, 15) is 14.7 Å². The van der Waals surface area contributed by atoms with Crippen LogP contribution in [0.3, 0.4) is 0 Å². The lowest BCUT2D eigenvalue weighted by molar-refractivity contribution is -0.136. The summed E-state index contributed by atoms with van der Waals surface area (Å²) >= 11 is 0. The van der Waals surface area contributed by atoms with Gasteiger partial charge in [-0.05, 0) is 62.3 Å². The van der Waals surface area contributed by atoms with Crippen molar-refractivity contribution in [3.63, 3.8) is 0 Å². The molecule has 5 heteroatoms. The Bertz CT molecular complexity index is 557. The lowest BCUT2D eigenvalue weighted by Gasteiger charge is -2.25. The lowest BCUT2D eigenvalue weighted by Crippen LogP contribution is -2.39. The van der Waals surface area contributed by atoms with Crippen molar-refractivity contribution in [2.24, 2.45) is 5.92 Å². The van der Waals surface area contributed by atoms with Crippen molar-refractivity contribution in [2.45, 2.75) is 45.6 Å². The van der Waals surface area contributed by atoms with Gasteiger partial charge in [-0.2, -0.15) is 0 Å². The highest BCUT2D eigenvalue weighted by Gasteiger charge is 2.22. The second-order valence-electron chi connectivity index (χ2n) is 6.15. The Morgan fingerprint density at radius 2 is 1.95 bits per heavy atom. The molecule has 0 radical (unpaired) electrons. The minimum atomic E-state index is -0.653. The number of carbonyl (C=O) groups excluding carboxylic acids is 2. The smallest absolute Gasteiger partial charge is 0.313 e. The fourth-order valence-electron chi connectivity index (χ4n) is 2.77. The molecule has 1 aromatic rings. The van der Waals surface area contributed by atoms with E-state index in [0.717, 1.165) is 30.4 Å². The Morgan fingerprint density at radius 3 is 2.64 bits per heavy atom. The minimum absolute atomic E-state index is 0.252. The van der Waals surface area contributed by atoms with Crippen LogP contribution in [0.1, 0.15) is 36.8 Å². The Hall–Kier alpha value is -1.88. The molecule has 1 aliphatic rings. The van der Waals surface area contributed by atoms with E-state index in [4.69, 9.17) is 0 Å². The zero-order valence-electron chi connectivity index (χ0n) is 13.2. The maximum atomic E-state index is 11.9. The minimum Gasteiger partial charge on any atom is -0.393 e. The summed E-state index contributed by atoms with van der Waals surface area (Å²) in [6.07, 6.45) is 3.20. The summed E-state index contributed by atoms with van der Waals surface area (Å²) in [5, 5.41) is 14.9. The topological polar surface area (TPSA) is 78.4 Å². The zero-order chi connectivity index (χ0) is 16.1. The number of benzene rings is 1. The third-order valence-corrected chi connectivity index (χ3v) is 4.28. The van der Waals surface area contributed by atoms with Crippen molar-refractivity contribution < 1.29 is 14.7 Å². The first-order chi connectivity index (χ1) is 10.5. The second kappa shape index (κ2) is 7.40. The molecule has 1 fully saturated rings. The van der Waals surface area contributed by atoms with Crippen LogP contribution < -0.4 is 10.6 Å². The first kappa shape index (κ1) is 16.5. The second-order valence-corrected chi connectivity index (χ2v) is 6.15. The summed E-state index contributed by atoms with van der Waals surface area (Å²) < 4.78 is 0. The molecular formula is C17H24N2O3. The number of hydrogen-bond donors (Lipinski definition) is 3. The predicted molar refractivity (Wildman–Crippen MR) is 85.5 cm³/mol. The van der Waals surface area contributed by atoms with Crippen molar-refractivity contribution in [1.29, 1.82) is 0 Å². The van der Waals surface area contributed by atoms with E-state index in [2.05, 4.69) is 10.6 Å². The molecule has 5 nitrogen and oxygen atoms in total. The van der Waals surface area contributed by atoms with E-state index in [1.807, 2.05) is 26.0 Å². The van der Waals surface area contributed by atoms with Crippen LogP contribution in [0.15, 0.2) is 18.2 Å². The van der Waals surface area contributed by atoms with Crippen LogP contribution in [0.5, 0.6) is 0 Å². The molecule has 120 valence electrons. The Balaban J connectivity index is 1.81. The van der Waals surface area contributed by atoms with E-state index in [1.165, 1.54) is 0 Å². The Labute approximate surface area is 131 Å². The maximum Gasteiger partial charge on any atom is 0.313 e. The number of aryl methyl sites for hydroxylation is 2. The normalized spacial score (nSPS) is 21.2. The summed E-state index contributed by atoms with van der Waals surface area (Å²) in [4.78, 5) is 23.7. The molecule has 2 unspecified atom stereocenters. The van der Waals surface area contributed by atoms with Crippen molar-refractivity contribution in [1.82, 2.24) is 5.32 Å². The van der Waals surface area contributed by atoms with Gasteiger partial charge in [0.05, 0.1) is 6.10 Å². The SMILES string of the molecule is Cc1ccc(NC(=O)C(=O)NCC2CCCC(O)C2)cc1C. The summed E-state index contributed by atoms with van der Waals surface area (Å²) in [6.45, 7) is 4.39. The molecule has 1 aliphatic carbocycles. The number of rotatable bonds is 3. The van der Waals surface area contributed by atoms with Gasteiger partial charge < -0.3 is 15.7 Å². The highest BCUT2D eigenvalue weighted by molar-refractivity contribution is 6.39. The van der Waals surface area contributed by atoms with Gasteiger partial charge in [-0.3, -0.25) is 9.59 Å². The van der Waals surface area contributed by atoms with Crippen molar-refractivity contribution in [2.75, 3.05) is 11.9 Å². The molecule has 2 rings (SSSR count). The van der Waals surface area contributed by atoms with Gasteiger partial charge in [0.15, 0.2) is 0 Å². The van der Waals surface area contributed by atoms with Crippen molar-refractivity contribution in [3.05, 3.63) is 29.3 Å². The Morgan fingerprint density at radius 1 is 1.18 bits per heavy atom. The molecular weight excluding hydrogens is 280 g/mol. The molecule has 0 saturated heterocycles. The highest BCUT2D eigenvalue weighted by Crippen LogP contribution is 2.23. The van der Waals surface area contributed by atoms with Crippen molar-refractivity contribution >= 4 is 17.5 Å². The molecule has 0 bridgehead atoms. The van der Waals surface area contributed by atoms with Gasteiger partial charge in [0.2, 0.25) is 0 Å². The standard InChI is InChI=1S/C17H24N2O3/c1-11-6-7-14(8-12(11)2)19-17(22)16(21)18-10-13-4-3-5-15(20)9-13/h6-8,13,15,20H,3-5,9-10H2,1-2H3,(H,18,21)(H,19,22). The van der Waals surface area contributed by atoms with Crippen LogP contribution in [0.25, 0.3) is 0 Å². The monoisotopic (exact) mass is 304 g/mol. The summed E-state index contributed by atoms with van der Waals surface area (Å²) in [6, 6.07) is 5.54. The first-order valence-corrected chi connectivity index (χ1v) is 7.80. The average molecular weight is 304 g/mol. The number of hydrogen-bond acceptors (Lipinski definition) is 3. The predicted octanol–water partition coefficient (Wildman–Crippen LogP) is 1.91. The molecule has 22 heavy (non-hydrogen) atoms. The first-order valence-electron chi connectivity index (χ1n) is 7.80. The lowest BCUT2D eigenvalue weighted by atomic mass is 9.87. The third-order valence-electron chi connectivity index (χ3n) is 4.28. The van der Waals surface area contributed by atoms with Crippen molar-refractivity contribution in [3.8, 4) is 0 Å². The van der Waals surface area contributed by atoms with Gasteiger partial charge in [-0.1, -0.05) is 12.5 Å². The van der Waals surface area contributed by atoms with Gasteiger partial charge in [-0.25, -0.2) is 0 Å². The van der Waals surface area contributed by atoms with Crippen LogP contribution >= 0.6 is 0 Å². The average Bonchev–Trinajstić information content (AvgIpc) is 2.48. The molecule has 1 saturated carbocycles. The molecule has 0 heterocycles. The highest BCUT2D eigenvalue weighted by atomic mass is 16.3. The summed E-state index contributed by atoms with van der Waals surface area (Å²) in [5.74, 6) is -1.03. The number of aliphatic hydroxyl groups excluding tert-OH is 1. The fraction of sp³-hybridized carbons (Fsp3) is 0.529. The number of anilines is 1. The quantitative estimate of drug-likeness (QED) is 0.746. The van der Waals surface area contributed by atoms with Crippen LogP contribution in [0.4, 0.5) is 5.69 Å². The maximum absolute atomic E-state index is 11.9. The van der Waals surface area contributed by atoms with Crippen LogP contribution in [-0.4, -0.2) is 29.6 Å². The molecule has 1 aromatic carbocycles. The van der Waals surface area contributed by atoms with E-state index >= 15 is 0 Å². The van der Waals surface area contributed by atoms with Gasteiger partial charge in [0.25, 0.3) is 0 Å². The molecule has 0 spiro atoms. The van der Waals surface area contributed by atoms with E-state index in [1.54, 1.807) is 6.07 Å². The summed E-state index contributed by atoms with van der Waals surface area (Å²) in [7, 11) is 0. The molecule has 0 aromatic heterocycles. The fourth-order valence-corrected chi connectivity index (χ4v) is 2.77. The van der Waals surface area contributed by atoms with Crippen LogP contribution in [0, 0.1) is 19.8 Å². The van der Waals surface area contributed by atoms with E-state index < -0.39 is 11.8 Å². The number of nitrogens with one attached hydrogen (secondary N) is 2. The molecule has 0 aliphatic heterocycles. The van der Waals surface area contributed by atoms with Gasteiger partial charge in [0, 0.05) is 12.2 Å². The van der Waals surface area contributed by atoms with Crippen LogP contribution in [0.2, 0.25) is 0 Å². The molecule has 2 amide bonds. The number of amides is 2. The van der Waals surface area contributed by atoms with Gasteiger partial charge in [0.1, 0.15) is 0 Å². The van der Waals surface area contributed by atoms with E-state index in [0.29, 0.717) is 18.7 Å². The molecule has 2 atom stereocenters. The number of carbonyl (C=O) groups is 2. The number of aliphatic hydroxyl groups is 1. The summed E-state index contributed by atoms with van der Waals surface area (Å²) in [5.41, 5.74) is 2.82. The largest absolute Gasteiger partial charge is 0.393 e. The Kier molecular flexibility index (Phi) is 5.55. The van der Waals surface area contributed by atoms with Gasteiger partial charge >= 0.3 is 11.8 Å². The van der Waals surface area contributed by atoms with E-state index in [-0.39, 0.29) is 12.0 Å². The third kappa shape index (κ3) is 4.56. The van der Waals surface area contributed by atoms with Gasteiger partial charge in [-0.15, -0.1) is 0 Å². The molecule has 3 N–H and O–H groups in total. The zero-order valence-corrected chi connectivity index (χ0v) is 13.2.